The Kier molecular flexibility index (Phi) is 4.64. The molecular formula is C17H24N2O3. The van der Waals surface area contributed by atoms with Gasteiger partial charge in [0, 0.05) is 26.2 Å². The van der Waals surface area contributed by atoms with Crippen molar-refractivity contribution in [3.05, 3.63) is 29.8 Å². The van der Waals surface area contributed by atoms with Gasteiger partial charge in [-0.2, -0.15) is 0 Å². The van der Waals surface area contributed by atoms with Crippen molar-refractivity contribution in [2.75, 3.05) is 33.4 Å². The van der Waals surface area contributed by atoms with Crippen molar-refractivity contribution in [1.29, 1.82) is 0 Å². The molecule has 1 aliphatic carbocycles. The summed E-state index contributed by atoms with van der Waals surface area (Å²) in [7, 11) is 1.63. The molecule has 0 aromatic heterocycles. The lowest BCUT2D eigenvalue weighted by Crippen LogP contribution is -2.33. The Morgan fingerprint density at radius 1 is 1.27 bits per heavy atom. The van der Waals surface area contributed by atoms with Crippen molar-refractivity contribution < 1.29 is 14.3 Å². The zero-order chi connectivity index (χ0) is 15.5. The van der Waals surface area contributed by atoms with E-state index in [2.05, 4.69) is 0 Å². The van der Waals surface area contributed by atoms with Gasteiger partial charge in [0.2, 0.25) is 0 Å². The van der Waals surface area contributed by atoms with E-state index in [-0.39, 0.29) is 11.9 Å². The highest BCUT2D eigenvalue weighted by atomic mass is 16.5. The number of likely N-dealkylation sites (tertiary alicyclic amines) is 1. The maximum Gasteiger partial charge on any atom is 0.257 e. The van der Waals surface area contributed by atoms with Crippen molar-refractivity contribution in [1.82, 2.24) is 4.90 Å². The number of nitrogens with zero attached hydrogens (tertiary/aromatic N) is 1. The minimum absolute atomic E-state index is 0.0506. The van der Waals surface area contributed by atoms with Crippen LogP contribution in [0.3, 0.4) is 0 Å². The average Bonchev–Trinajstić information content (AvgIpc) is 3.10. The molecule has 1 amide bonds. The normalized spacial score (nSPS) is 27.0. The lowest BCUT2D eigenvalue weighted by Gasteiger charge is -2.20. The van der Waals surface area contributed by atoms with Crippen molar-refractivity contribution in [2.45, 2.75) is 18.9 Å². The van der Waals surface area contributed by atoms with Crippen molar-refractivity contribution in [3.63, 3.8) is 0 Å². The summed E-state index contributed by atoms with van der Waals surface area (Å²) in [5.74, 6) is 1.71. The zero-order valence-electron chi connectivity index (χ0n) is 13.0. The fourth-order valence-electron chi connectivity index (χ4n) is 3.65. The number of hydrogen-bond donors (Lipinski definition) is 1. The smallest absolute Gasteiger partial charge is 0.257 e. The van der Waals surface area contributed by atoms with Crippen molar-refractivity contribution in [2.24, 2.45) is 17.6 Å². The summed E-state index contributed by atoms with van der Waals surface area (Å²) in [5, 5.41) is 0. The number of carbonyl (C=O) groups excluding carboxylic acids is 1. The number of methoxy groups -OCH3 is 1. The van der Waals surface area contributed by atoms with Gasteiger partial charge in [-0.05, 0) is 36.8 Å². The van der Waals surface area contributed by atoms with Crippen molar-refractivity contribution in [3.8, 4) is 5.75 Å². The lowest BCUT2D eigenvalue weighted by molar-refractivity contribution is 0.0772. The first-order valence-corrected chi connectivity index (χ1v) is 7.96. The maximum atomic E-state index is 12.8. The van der Waals surface area contributed by atoms with Crippen LogP contribution in [0.2, 0.25) is 0 Å². The van der Waals surface area contributed by atoms with Crippen LogP contribution in [0.25, 0.3) is 0 Å². The van der Waals surface area contributed by atoms with Crippen LogP contribution in [0.4, 0.5) is 0 Å². The van der Waals surface area contributed by atoms with Crippen LogP contribution in [0.1, 0.15) is 23.2 Å². The van der Waals surface area contributed by atoms with Crippen LogP contribution in [-0.4, -0.2) is 50.3 Å². The second kappa shape index (κ2) is 6.67. The minimum Gasteiger partial charge on any atom is -0.490 e. The molecule has 1 saturated heterocycles. The summed E-state index contributed by atoms with van der Waals surface area (Å²) in [6.07, 6.45) is 2.23. The molecule has 1 heterocycles. The number of fused-ring (bicyclic) bond motifs is 1. The van der Waals surface area contributed by atoms with Crippen molar-refractivity contribution >= 4 is 5.91 Å². The van der Waals surface area contributed by atoms with Gasteiger partial charge in [-0.3, -0.25) is 4.79 Å². The van der Waals surface area contributed by atoms with Crippen LogP contribution >= 0.6 is 0 Å². The second-order valence-electron chi connectivity index (χ2n) is 6.21. The first kappa shape index (κ1) is 15.3. The molecule has 1 aliphatic heterocycles. The predicted octanol–water partition coefficient (Wildman–Crippen LogP) is 1.52. The molecule has 2 fully saturated rings. The van der Waals surface area contributed by atoms with E-state index in [0.717, 1.165) is 25.9 Å². The molecule has 0 radical (unpaired) electrons. The number of hydrogen-bond acceptors (Lipinski definition) is 4. The summed E-state index contributed by atoms with van der Waals surface area (Å²) in [6, 6.07) is 7.67. The largest absolute Gasteiger partial charge is 0.490 e. The number of rotatable bonds is 5. The highest BCUT2D eigenvalue weighted by Gasteiger charge is 2.42. The number of amides is 1. The third-order valence-electron chi connectivity index (χ3n) is 4.86. The minimum atomic E-state index is 0.0506. The van der Waals surface area contributed by atoms with Crippen LogP contribution < -0.4 is 10.5 Å². The Bertz CT molecular complexity index is 534. The van der Waals surface area contributed by atoms with Gasteiger partial charge >= 0.3 is 0 Å². The van der Waals surface area contributed by atoms with E-state index in [1.165, 1.54) is 0 Å². The highest BCUT2D eigenvalue weighted by Crippen LogP contribution is 2.38. The molecule has 0 bridgehead atoms. The van der Waals surface area contributed by atoms with Crippen LogP contribution in [-0.2, 0) is 4.74 Å². The molecule has 2 aliphatic rings. The van der Waals surface area contributed by atoms with Crippen LogP contribution in [0, 0.1) is 11.8 Å². The molecule has 3 atom stereocenters. The Balaban J connectivity index is 1.70. The van der Waals surface area contributed by atoms with Gasteiger partial charge in [-0.1, -0.05) is 12.1 Å². The number of carbonyl (C=O) groups is 1. The summed E-state index contributed by atoms with van der Waals surface area (Å²) in [4.78, 5) is 14.7. The molecule has 2 N–H and O–H groups in total. The molecular weight excluding hydrogens is 280 g/mol. The topological polar surface area (TPSA) is 64.8 Å². The molecule has 1 aromatic carbocycles. The molecule has 120 valence electrons. The van der Waals surface area contributed by atoms with E-state index in [9.17, 15) is 4.79 Å². The Hall–Kier alpha value is -1.59. The third-order valence-corrected chi connectivity index (χ3v) is 4.86. The lowest BCUT2D eigenvalue weighted by atomic mass is 9.98. The summed E-state index contributed by atoms with van der Waals surface area (Å²) < 4.78 is 10.7. The predicted molar refractivity (Wildman–Crippen MR) is 83.9 cm³/mol. The summed E-state index contributed by atoms with van der Waals surface area (Å²) in [5.41, 5.74) is 6.79. The highest BCUT2D eigenvalue weighted by molar-refractivity contribution is 5.97. The first-order chi connectivity index (χ1) is 10.7. The second-order valence-corrected chi connectivity index (χ2v) is 6.21. The molecule has 5 nitrogen and oxygen atoms in total. The molecule has 0 spiro atoms. The van der Waals surface area contributed by atoms with Gasteiger partial charge < -0.3 is 20.1 Å². The van der Waals surface area contributed by atoms with Crippen LogP contribution in [0.15, 0.2) is 24.3 Å². The number of nitrogens with two attached hydrogens (primary N) is 1. The van der Waals surface area contributed by atoms with E-state index in [1.54, 1.807) is 7.11 Å². The SMILES string of the molecule is COCCOc1ccccc1C(=O)N1CC2CCC(N)C2C1. The van der Waals surface area contributed by atoms with E-state index in [1.807, 2.05) is 29.2 Å². The number of para-hydroxylation sites is 1. The molecule has 1 saturated carbocycles. The first-order valence-electron chi connectivity index (χ1n) is 7.96. The average molecular weight is 304 g/mol. The maximum absolute atomic E-state index is 12.8. The molecule has 22 heavy (non-hydrogen) atoms. The zero-order valence-corrected chi connectivity index (χ0v) is 13.0. The standard InChI is InChI=1S/C17H24N2O3/c1-21-8-9-22-16-5-3-2-4-13(16)17(20)19-10-12-6-7-15(18)14(12)11-19/h2-5,12,14-15H,6-11,18H2,1H3. The molecule has 3 rings (SSSR count). The Labute approximate surface area is 131 Å². The number of ether oxygens (including phenoxy) is 2. The number of benzene rings is 1. The molecule has 3 unspecified atom stereocenters. The fourth-order valence-corrected chi connectivity index (χ4v) is 3.65. The van der Waals surface area contributed by atoms with Gasteiger partial charge in [-0.25, -0.2) is 0 Å². The van der Waals surface area contributed by atoms with E-state index in [4.69, 9.17) is 15.2 Å². The van der Waals surface area contributed by atoms with E-state index in [0.29, 0.717) is 36.4 Å². The van der Waals surface area contributed by atoms with Gasteiger partial charge in [-0.15, -0.1) is 0 Å². The van der Waals surface area contributed by atoms with Gasteiger partial charge in [0.15, 0.2) is 0 Å². The monoisotopic (exact) mass is 304 g/mol. The van der Waals surface area contributed by atoms with E-state index < -0.39 is 0 Å². The Morgan fingerprint density at radius 2 is 2.09 bits per heavy atom. The van der Waals surface area contributed by atoms with E-state index >= 15 is 0 Å². The molecule has 1 aromatic rings. The summed E-state index contributed by atoms with van der Waals surface area (Å²) in [6.45, 7) is 2.54. The fraction of sp³-hybridized carbons (Fsp3) is 0.588. The van der Waals surface area contributed by atoms with Crippen LogP contribution in [0.5, 0.6) is 5.75 Å². The van der Waals surface area contributed by atoms with Gasteiger partial charge in [0.05, 0.1) is 12.2 Å². The summed E-state index contributed by atoms with van der Waals surface area (Å²) >= 11 is 0. The quantitative estimate of drug-likeness (QED) is 0.838. The third kappa shape index (κ3) is 2.96. The van der Waals surface area contributed by atoms with Gasteiger partial charge in [0.1, 0.15) is 12.4 Å². The molecule has 5 heteroatoms. The Morgan fingerprint density at radius 3 is 2.86 bits per heavy atom. The van der Waals surface area contributed by atoms with Gasteiger partial charge in [0.25, 0.3) is 5.91 Å².